The summed E-state index contributed by atoms with van der Waals surface area (Å²) in [7, 11) is 0. The van der Waals surface area contributed by atoms with E-state index in [1.807, 2.05) is 42.6 Å². The predicted octanol–water partition coefficient (Wildman–Crippen LogP) is 2.90. The van der Waals surface area contributed by atoms with E-state index in [9.17, 15) is 4.79 Å². The van der Waals surface area contributed by atoms with E-state index >= 15 is 0 Å². The fourth-order valence-electron chi connectivity index (χ4n) is 1.94. The van der Waals surface area contributed by atoms with Gasteiger partial charge in [-0.05, 0) is 6.92 Å². The van der Waals surface area contributed by atoms with Gasteiger partial charge in [0.25, 0.3) is 0 Å². The van der Waals surface area contributed by atoms with Crippen LogP contribution < -0.4 is 0 Å². The highest BCUT2D eigenvalue weighted by Gasteiger charge is 2.16. The van der Waals surface area contributed by atoms with Crippen LogP contribution in [0.2, 0.25) is 0 Å². The fraction of sp³-hybridized carbons (Fsp3) is 0.143. The number of carbonyl (C=O) groups excluding carboxylic acids is 1. The number of carbonyl (C=O) groups is 1. The zero-order valence-corrected chi connectivity index (χ0v) is 11.9. The summed E-state index contributed by atoms with van der Waals surface area (Å²) in [6, 6.07) is 9.94. The van der Waals surface area contributed by atoms with Gasteiger partial charge in [0.05, 0.1) is 11.4 Å². The number of nitrogens with zero attached hydrogens (tertiary/aromatic N) is 4. The molecule has 0 radical (unpaired) electrons. The quantitative estimate of drug-likeness (QED) is 0.694. The van der Waals surface area contributed by atoms with E-state index in [0.29, 0.717) is 16.5 Å². The summed E-state index contributed by atoms with van der Waals surface area (Å²) in [5.74, 6) is -0.0893. The maximum atomic E-state index is 11.4. The molecule has 0 aliphatic carbocycles. The lowest BCUT2D eigenvalue weighted by atomic mass is 10.2. The minimum absolute atomic E-state index is 0.0893. The Kier molecular flexibility index (Phi) is 3.15. The summed E-state index contributed by atoms with van der Waals surface area (Å²) in [5, 5.41) is 10.6. The molecule has 100 valence electrons. The summed E-state index contributed by atoms with van der Waals surface area (Å²) < 4.78 is 1.60. The van der Waals surface area contributed by atoms with E-state index in [2.05, 4.69) is 15.3 Å². The first-order valence-corrected chi connectivity index (χ1v) is 6.99. The number of thiazole rings is 1. The number of benzene rings is 1. The number of rotatable bonds is 3. The third-order valence-corrected chi connectivity index (χ3v) is 3.79. The predicted molar refractivity (Wildman–Crippen MR) is 77.2 cm³/mol. The molecule has 0 amide bonds. The van der Waals surface area contributed by atoms with Crippen LogP contribution in [0.4, 0.5) is 0 Å². The highest BCUT2D eigenvalue weighted by molar-refractivity contribution is 7.12. The first-order valence-electron chi connectivity index (χ1n) is 6.11. The number of hydrogen-bond acceptors (Lipinski definition) is 5. The van der Waals surface area contributed by atoms with Crippen molar-refractivity contribution in [2.45, 2.75) is 13.8 Å². The largest absolute Gasteiger partial charge is 0.293 e. The van der Waals surface area contributed by atoms with Crippen LogP contribution in [0.3, 0.4) is 0 Å². The second-order valence-corrected chi connectivity index (χ2v) is 5.21. The molecule has 5 nitrogen and oxygen atoms in total. The molecule has 0 saturated carbocycles. The molecule has 3 aromatic rings. The van der Waals surface area contributed by atoms with E-state index in [0.717, 1.165) is 11.3 Å². The Morgan fingerprint density at radius 1 is 1.25 bits per heavy atom. The summed E-state index contributed by atoms with van der Waals surface area (Å²) in [6.45, 7) is 3.30. The molecule has 0 atom stereocenters. The van der Waals surface area contributed by atoms with Gasteiger partial charge in [0.2, 0.25) is 5.13 Å². The second-order valence-electron chi connectivity index (χ2n) is 4.37. The van der Waals surface area contributed by atoms with Crippen molar-refractivity contribution >= 4 is 17.1 Å². The van der Waals surface area contributed by atoms with E-state index < -0.39 is 0 Å². The maximum Gasteiger partial charge on any atom is 0.212 e. The Labute approximate surface area is 119 Å². The van der Waals surface area contributed by atoms with Crippen LogP contribution in [-0.2, 0) is 0 Å². The van der Waals surface area contributed by atoms with Crippen molar-refractivity contribution in [3.8, 4) is 16.4 Å². The normalized spacial score (nSPS) is 10.7. The molecule has 0 spiro atoms. The average Bonchev–Trinajstić information content (AvgIpc) is 3.06. The molecule has 0 aliphatic rings. The Morgan fingerprint density at radius 3 is 2.65 bits per heavy atom. The van der Waals surface area contributed by atoms with Gasteiger partial charge < -0.3 is 0 Å². The minimum Gasteiger partial charge on any atom is -0.293 e. The Morgan fingerprint density at radius 2 is 2.00 bits per heavy atom. The van der Waals surface area contributed by atoms with Gasteiger partial charge in [0.1, 0.15) is 0 Å². The second kappa shape index (κ2) is 4.97. The highest BCUT2D eigenvalue weighted by Crippen LogP contribution is 2.24. The molecule has 0 fully saturated rings. The van der Waals surface area contributed by atoms with Crippen LogP contribution in [0.25, 0.3) is 16.4 Å². The van der Waals surface area contributed by atoms with Gasteiger partial charge in [0, 0.05) is 17.9 Å². The van der Waals surface area contributed by atoms with E-state index in [1.54, 1.807) is 4.68 Å². The van der Waals surface area contributed by atoms with Crippen molar-refractivity contribution in [2.75, 3.05) is 0 Å². The molecular formula is C14H12N4OS. The van der Waals surface area contributed by atoms with E-state index in [1.165, 1.54) is 18.3 Å². The van der Waals surface area contributed by atoms with Crippen LogP contribution in [0.1, 0.15) is 23.1 Å². The molecule has 1 aromatic carbocycles. The fourth-order valence-corrected chi connectivity index (χ4v) is 2.77. The number of Topliss-reactive ketones (excluding diaryl/α,β-unsaturated/α-hetero) is 1. The maximum absolute atomic E-state index is 11.4. The monoisotopic (exact) mass is 284 g/mol. The first-order chi connectivity index (χ1) is 9.66. The molecule has 0 N–H and O–H groups in total. The van der Waals surface area contributed by atoms with Crippen molar-refractivity contribution in [1.82, 2.24) is 20.0 Å². The van der Waals surface area contributed by atoms with Gasteiger partial charge in [-0.2, -0.15) is 4.68 Å². The Bertz CT molecular complexity index is 761. The molecule has 20 heavy (non-hydrogen) atoms. The van der Waals surface area contributed by atoms with E-state index in [4.69, 9.17) is 0 Å². The molecule has 0 saturated heterocycles. The molecule has 0 unspecified atom stereocenters. The highest BCUT2D eigenvalue weighted by atomic mass is 32.1. The third kappa shape index (κ3) is 2.14. The zero-order chi connectivity index (χ0) is 14.1. The molecule has 3 rings (SSSR count). The lowest BCUT2D eigenvalue weighted by Crippen LogP contribution is -2.00. The SMILES string of the molecule is CC(=O)c1nnn(-c2nc(-c3ccccc3)cs2)c1C. The van der Waals surface area contributed by atoms with Crippen LogP contribution in [0, 0.1) is 6.92 Å². The van der Waals surface area contributed by atoms with Crippen LogP contribution in [0.15, 0.2) is 35.7 Å². The van der Waals surface area contributed by atoms with Crippen molar-refractivity contribution < 1.29 is 4.79 Å². The molecule has 0 aliphatic heterocycles. The van der Waals surface area contributed by atoms with Crippen molar-refractivity contribution in [1.29, 1.82) is 0 Å². The Hall–Kier alpha value is -2.34. The minimum atomic E-state index is -0.0893. The third-order valence-electron chi connectivity index (χ3n) is 2.97. The molecular weight excluding hydrogens is 272 g/mol. The number of hydrogen-bond donors (Lipinski definition) is 0. The van der Waals surface area contributed by atoms with Gasteiger partial charge in [-0.15, -0.1) is 16.4 Å². The summed E-state index contributed by atoms with van der Waals surface area (Å²) in [5.41, 5.74) is 3.05. The van der Waals surface area contributed by atoms with Crippen molar-refractivity contribution in [3.05, 3.63) is 47.1 Å². The summed E-state index contributed by atoms with van der Waals surface area (Å²) in [6.07, 6.45) is 0. The Balaban J connectivity index is 2.01. The zero-order valence-electron chi connectivity index (χ0n) is 11.1. The van der Waals surface area contributed by atoms with Crippen molar-refractivity contribution in [2.24, 2.45) is 0 Å². The molecule has 0 bridgehead atoms. The van der Waals surface area contributed by atoms with Gasteiger partial charge >= 0.3 is 0 Å². The van der Waals surface area contributed by atoms with Crippen LogP contribution in [-0.4, -0.2) is 25.8 Å². The van der Waals surface area contributed by atoms with Gasteiger partial charge in [0.15, 0.2) is 11.5 Å². The van der Waals surface area contributed by atoms with Gasteiger partial charge in [-0.1, -0.05) is 35.5 Å². The molecule has 6 heteroatoms. The topological polar surface area (TPSA) is 60.7 Å². The molecule has 2 heterocycles. The van der Waals surface area contributed by atoms with Crippen molar-refractivity contribution in [3.63, 3.8) is 0 Å². The van der Waals surface area contributed by atoms with Gasteiger partial charge in [-0.25, -0.2) is 4.98 Å². The standard InChI is InChI=1S/C14H12N4OS/c1-9-13(10(2)19)16-17-18(9)14-15-12(8-20-14)11-6-4-3-5-7-11/h3-8H,1-2H3. The summed E-state index contributed by atoms with van der Waals surface area (Å²) in [4.78, 5) is 16.0. The lowest BCUT2D eigenvalue weighted by Gasteiger charge is -1.98. The van der Waals surface area contributed by atoms with Gasteiger partial charge in [-0.3, -0.25) is 4.79 Å². The molecule has 2 aromatic heterocycles. The summed E-state index contributed by atoms with van der Waals surface area (Å²) >= 11 is 1.47. The van der Waals surface area contributed by atoms with Crippen LogP contribution in [0.5, 0.6) is 0 Å². The lowest BCUT2D eigenvalue weighted by molar-refractivity contribution is 0.101. The number of aromatic nitrogens is 4. The first kappa shape index (κ1) is 12.7. The smallest absolute Gasteiger partial charge is 0.212 e. The average molecular weight is 284 g/mol. The van der Waals surface area contributed by atoms with Crippen LogP contribution >= 0.6 is 11.3 Å². The van der Waals surface area contributed by atoms with E-state index in [-0.39, 0.29) is 5.78 Å². The number of ketones is 1.